The number of hydrogen-bond donors (Lipinski definition) is 0. The van der Waals surface area contributed by atoms with Crippen molar-refractivity contribution in [2.45, 2.75) is 6.18 Å². The Morgan fingerprint density at radius 3 is 2.27 bits per heavy atom. The summed E-state index contributed by atoms with van der Waals surface area (Å²) >= 11 is 5.82. The minimum Gasteiger partial charge on any atom is -0.432 e. The van der Waals surface area contributed by atoms with E-state index in [9.17, 15) is 18.0 Å². The van der Waals surface area contributed by atoms with E-state index in [0.29, 0.717) is 16.3 Å². The van der Waals surface area contributed by atoms with Crippen molar-refractivity contribution < 1.29 is 22.4 Å². The van der Waals surface area contributed by atoms with Gasteiger partial charge in [0.15, 0.2) is 5.76 Å². The van der Waals surface area contributed by atoms with E-state index in [-0.39, 0.29) is 11.7 Å². The van der Waals surface area contributed by atoms with Crippen molar-refractivity contribution in [3.8, 4) is 11.3 Å². The maximum atomic E-state index is 12.6. The second-order valence-corrected chi connectivity index (χ2v) is 5.88. The summed E-state index contributed by atoms with van der Waals surface area (Å²) < 4.78 is 43.3. The lowest BCUT2D eigenvalue weighted by atomic mass is 10.1. The fourth-order valence-corrected chi connectivity index (χ4v) is 2.38. The van der Waals surface area contributed by atoms with Gasteiger partial charge < -0.3 is 9.32 Å². The Hall–Kier alpha value is -2.80. The van der Waals surface area contributed by atoms with E-state index in [2.05, 4.69) is 4.98 Å². The lowest BCUT2D eigenvalue weighted by Gasteiger charge is -2.15. The Kier molecular flexibility index (Phi) is 4.73. The summed E-state index contributed by atoms with van der Waals surface area (Å²) in [5.74, 6) is -0.464. The van der Waals surface area contributed by atoms with Crippen LogP contribution in [0.4, 0.5) is 18.9 Å². The molecular weight excluding hydrogens is 369 g/mol. The van der Waals surface area contributed by atoms with Crippen LogP contribution in [0.3, 0.4) is 0 Å². The van der Waals surface area contributed by atoms with Gasteiger partial charge in [0.05, 0.1) is 11.8 Å². The van der Waals surface area contributed by atoms with Crippen molar-refractivity contribution in [2.24, 2.45) is 0 Å². The second-order valence-electron chi connectivity index (χ2n) is 5.45. The van der Waals surface area contributed by atoms with E-state index in [1.54, 1.807) is 31.3 Å². The maximum Gasteiger partial charge on any atom is 0.416 e. The molecule has 1 amide bonds. The van der Waals surface area contributed by atoms with Crippen LogP contribution in [0.15, 0.2) is 59.1 Å². The molecule has 0 unspecified atom stereocenters. The SMILES string of the molecule is CN(C(=O)c1ncc(-c2ccc(C(F)(F)F)cc2)o1)c1ccc(Cl)cc1. The third kappa shape index (κ3) is 3.72. The Labute approximate surface area is 151 Å². The zero-order valence-corrected chi connectivity index (χ0v) is 14.2. The number of rotatable bonds is 3. The molecule has 3 aromatic rings. The Balaban J connectivity index is 1.80. The fraction of sp³-hybridized carbons (Fsp3) is 0.111. The first-order chi connectivity index (χ1) is 12.3. The lowest BCUT2D eigenvalue weighted by molar-refractivity contribution is -0.137. The van der Waals surface area contributed by atoms with Gasteiger partial charge in [-0.15, -0.1) is 0 Å². The largest absolute Gasteiger partial charge is 0.432 e. The summed E-state index contributed by atoms with van der Waals surface area (Å²) in [6.45, 7) is 0. The van der Waals surface area contributed by atoms with Crippen molar-refractivity contribution in [3.05, 3.63) is 71.2 Å². The first-order valence-corrected chi connectivity index (χ1v) is 7.80. The normalized spacial score (nSPS) is 11.4. The van der Waals surface area contributed by atoms with E-state index in [1.165, 1.54) is 23.2 Å². The summed E-state index contributed by atoms with van der Waals surface area (Å²) in [5.41, 5.74) is 0.215. The average molecular weight is 381 g/mol. The summed E-state index contributed by atoms with van der Waals surface area (Å²) in [7, 11) is 1.55. The van der Waals surface area contributed by atoms with Crippen LogP contribution in [0, 0.1) is 0 Å². The zero-order chi connectivity index (χ0) is 18.9. The van der Waals surface area contributed by atoms with Crippen molar-refractivity contribution in [1.82, 2.24) is 4.98 Å². The van der Waals surface area contributed by atoms with E-state index in [1.807, 2.05) is 0 Å². The molecule has 1 aromatic heterocycles. The number of carbonyl (C=O) groups excluding carboxylic acids is 1. The average Bonchev–Trinajstić information content (AvgIpc) is 3.10. The van der Waals surface area contributed by atoms with Crippen LogP contribution in [0.2, 0.25) is 5.02 Å². The van der Waals surface area contributed by atoms with Crippen molar-refractivity contribution in [3.63, 3.8) is 0 Å². The quantitative estimate of drug-likeness (QED) is 0.620. The molecule has 134 valence electrons. The molecule has 0 saturated heterocycles. The third-order valence-corrected chi connectivity index (χ3v) is 3.96. The minimum absolute atomic E-state index is 0.169. The molecule has 4 nitrogen and oxygen atoms in total. The highest BCUT2D eigenvalue weighted by Crippen LogP contribution is 2.31. The van der Waals surface area contributed by atoms with Crippen LogP contribution in [0.1, 0.15) is 16.2 Å². The van der Waals surface area contributed by atoms with E-state index in [4.69, 9.17) is 16.0 Å². The van der Waals surface area contributed by atoms with Gasteiger partial charge >= 0.3 is 12.1 Å². The van der Waals surface area contributed by atoms with Crippen LogP contribution >= 0.6 is 11.6 Å². The first-order valence-electron chi connectivity index (χ1n) is 7.43. The molecule has 0 aliphatic rings. The minimum atomic E-state index is -4.41. The number of nitrogens with zero attached hydrogens (tertiary/aromatic N) is 2. The highest BCUT2D eigenvalue weighted by molar-refractivity contribution is 6.30. The molecule has 26 heavy (non-hydrogen) atoms. The number of hydrogen-bond acceptors (Lipinski definition) is 3. The van der Waals surface area contributed by atoms with Crippen LogP contribution in [0.5, 0.6) is 0 Å². The Morgan fingerprint density at radius 2 is 1.69 bits per heavy atom. The van der Waals surface area contributed by atoms with Gasteiger partial charge in [-0.1, -0.05) is 23.7 Å². The van der Waals surface area contributed by atoms with Crippen LogP contribution < -0.4 is 4.90 Å². The van der Waals surface area contributed by atoms with Gasteiger partial charge in [-0.05, 0) is 36.4 Å². The van der Waals surface area contributed by atoms with Gasteiger partial charge in [0.25, 0.3) is 5.89 Å². The standard InChI is InChI=1S/C18H12ClF3N2O2/c1-24(14-8-6-13(19)7-9-14)17(25)16-23-10-15(26-16)11-2-4-12(5-3-11)18(20,21)22/h2-10H,1H3. The molecule has 0 aliphatic heterocycles. The zero-order valence-electron chi connectivity index (χ0n) is 13.4. The Bertz CT molecular complexity index is 919. The summed E-state index contributed by atoms with van der Waals surface area (Å²) in [6.07, 6.45) is -3.12. The number of carbonyl (C=O) groups is 1. The number of alkyl halides is 3. The van der Waals surface area contributed by atoms with E-state index >= 15 is 0 Å². The summed E-state index contributed by atoms with van der Waals surface area (Å²) in [5, 5.41) is 0.537. The van der Waals surface area contributed by atoms with Gasteiger partial charge in [-0.3, -0.25) is 4.79 Å². The monoisotopic (exact) mass is 380 g/mol. The summed E-state index contributed by atoms with van der Waals surface area (Å²) in [4.78, 5) is 17.7. The van der Waals surface area contributed by atoms with Gasteiger partial charge in [-0.2, -0.15) is 13.2 Å². The topological polar surface area (TPSA) is 46.3 Å². The third-order valence-electron chi connectivity index (χ3n) is 3.70. The molecule has 0 bridgehead atoms. The van der Waals surface area contributed by atoms with E-state index in [0.717, 1.165) is 12.1 Å². The number of halogens is 4. The Morgan fingerprint density at radius 1 is 1.08 bits per heavy atom. The van der Waals surface area contributed by atoms with Gasteiger partial charge in [0, 0.05) is 23.3 Å². The van der Waals surface area contributed by atoms with Gasteiger partial charge in [0.1, 0.15) is 0 Å². The molecule has 0 saturated carbocycles. The number of aromatic nitrogens is 1. The number of benzene rings is 2. The fourth-order valence-electron chi connectivity index (χ4n) is 2.26. The molecule has 2 aromatic carbocycles. The molecule has 0 fully saturated rings. The summed E-state index contributed by atoms with van der Waals surface area (Å²) in [6, 6.07) is 11.0. The number of anilines is 1. The molecule has 3 rings (SSSR count). The smallest absolute Gasteiger partial charge is 0.416 e. The molecule has 0 spiro atoms. The van der Waals surface area contributed by atoms with E-state index < -0.39 is 17.6 Å². The van der Waals surface area contributed by atoms with Crippen LogP contribution in [-0.2, 0) is 6.18 Å². The highest BCUT2D eigenvalue weighted by atomic mass is 35.5. The molecule has 0 aliphatic carbocycles. The van der Waals surface area contributed by atoms with Gasteiger partial charge in [-0.25, -0.2) is 4.98 Å². The second kappa shape index (κ2) is 6.84. The van der Waals surface area contributed by atoms with Crippen molar-refractivity contribution in [1.29, 1.82) is 0 Å². The molecular formula is C18H12ClF3N2O2. The molecule has 0 atom stereocenters. The first kappa shape index (κ1) is 18.0. The van der Waals surface area contributed by atoms with Gasteiger partial charge in [0.2, 0.25) is 0 Å². The molecule has 1 heterocycles. The predicted molar refractivity (Wildman–Crippen MR) is 91.1 cm³/mol. The number of amides is 1. The molecule has 0 N–H and O–H groups in total. The highest BCUT2D eigenvalue weighted by Gasteiger charge is 2.30. The maximum absolute atomic E-state index is 12.6. The number of oxazole rings is 1. The van der Waals surface area contributed by atoms with Crippen molar-refractivity contribution in [2.75, 3.05) is 11.9 Å². The van der Waals surface area contributed by atoms with Crippen LogP contribution in [0.25, 0.3) is 11.3 Å². The molecule has 0 radical (unpaired) electrons. The molecule has 8 heteroatoms. The van der Waals surface area contributed by atoms with Crippen LogP contribution in [-0.4, -0.2) is 17.9 Å². The van der Waals surface area contributed by atoms with Crippen molar-refractivity contribution >= 4 is 23.2 Å². The predicted octanol–water partition coefficient (Wildman–Crippen LogP) is 5.29. The lowest BCUT2D eigenvalue weighted by Crippen LogP contribution is -2.26.